The smallest absolute Gasteiger partial charge is 0.153 e. The third kappa shape index (κ3) is 4.47. The molecule has 0 aliphatic carbocycles. The van der Waals surface area contributed by atoms with E-state index in [2.05, 4.69) is 15.9 Å². The highest BCUT2D eigenvalue weighted by Gasteiger charge is 1.97. The van der Waals surface area contributed by atoms with Gasteiger partial charge >= 0.3 is 0 Å². The molecule has 94 valence electrons. The van der Waals surface area contributed by atoms with Gasteiger partial charge in [-0.3, -0.25) is 4.79 Å². The van der Waals surface area contributed by atoms with Crippen LogP contribution < -0.4 is 11.5 Å². The molecule has 0 atom stereocenters. The van der Waals surface area contributed by atoms with Gasteiger partial charge in [0, 0.05) is 15.8 Å². The minimum absolute atomic E-state index is 0.0122. The molecule has 5 N–H and O–H groups in total. The second kappa shape index (κ2) is 6.66. The third-order valence-electron chi connectivity index (χ3n) is 2.05. The number of hydrogen-bond acceptors (Lipinski definition) is 4. The molecule has 0 aliphatic heterocycles. The Balaban J connectivity index is 0.000000184. The van der Waals surface area contributed by atoms with Crippen molar-refractivity contribution in [2.75, 3.05) is 11.5 Å². The minimum atomic E-state index is 0.0122. The van der Waals surface area contributed by atoms with Gasteiger partial charge in [0.1, 0.15) is 5.75 Å². The van der Waals surface area contributed by atoms with Crippen molar-refractivity contribution in [1.29, 1.82) is 0 Å². The van der Waals surface area contributed by atoms with E-state index in [0.717, 1.165) is 15.8 Å². The molecule has 0 spiro atoms. The monoisotopic (exact) mass is 308 g/mol. The number of rotatable bonds is 1. The maximum absolute atomic E-state index is 10.2. The first-order chi connectivity index (χ1) is 8.52. The summed E-state index contributed by atoms with van der Waals surface area (Å²) in [7, 11) is 0. The lowest BCUT2D eigenvalue weighted by atomic mass is 10.2. The Labute approximate surface area is 113 Å². The molecule has 0 fully saturated rings. The lowest BCUT2D eigenvalue weighted by molar-refractivity contribution is 0.112. The van der Waals surface area contributed by atoms with Crippen molar-refractivity contribution in [2.45, 2.75) is 0 Å². The van der Waals surface area contributed by atoms with E-state index in [0.29, 0.717) is 11.8 Å². The fourth-order valence-corrected chi connectivity index (χ4v) is 1.49. The second-order valence-corrected chi connectivity index (χ2v) is 4.40. The van der Waals surface area contributed by atoms with Crippen LogP contribution in [0, 0.1) is 0 Å². The van der Waals surface area contributed by atoms with Crippen LogP contribution in [0.25, 0.3) is 0 Å². The molecule has 2 aromatic rings. The van der Waals surface area contributed by atoms with E-state index in [-0.39, 0.29) is 5.75 Å². The van der Waals surface area contributed by atoms with Crippen LogP contribution >= 0.6 is 15.9 Å². The predicted molar refractivity (Wildman–Crippen MR) is 76.5 cm³/mol. The van der Waals surface area contributed by atoms with Crippen LogP contribution in [-0.2, 0) is 0 Å². The Morgan fingerprint density at radius 2 is 1.50 bits per heavy atom. The number of halogens is 1. The summed E-state index contributed by atoms with van der Waals surface area (Å²) in [5.41, 5.74) is 12.5. The zero-order valence-corrected chi connectivity index (χ0v) is 11.1. The summed E-state index contributed by atoms with van der Waals surface area (Å²) >= 11 is 3.17. The van der Waals surface area contributed by atoms with Crippen LogP contribution in [0.4, 0.5) is 11.4 Å². The number of phenolic OH excluding ortho intramolecular Hbond substituents is 1. The van der Waals surface area contributed by atoms with Crippen LogP contribution in [-0.4, -0.2) is 11.4 Å². The number of aldehydes is 1. The Morgan fingerprint density at radius 1 is 1.00 bits per heavy atom. The molecule has 0 saturated carbocycles. The molecule has 0 aromatic heterocycles. The van der Waals surface area contributed by atoms with E-state index in [4.69, 9.17) is 16.6 Å². The normalized spacial score (nSPS) is 9.17. The van der Waals surface area contributed by atoms with E-state index < -0.39 is 0 Å². The number of anilines is 2. The summed E-state index contributed by atoms with van der Waals surface area (Å²) in [6.45, 7) is 0. The highest BCUT2D eigenvalue weighted by Crippen LogP contribution is 2.19. The standard InChI is InChI=1S/C7H5BrO2.C6H8N2/c8-6-1-2-7(10)5(3-6)4-9;7-5-1-2-6(8)4-3-5/h1-4,10H;1-4H,7-8H2. The van der Waals surface area contributed by atoms with E-state index in [1.807, 2.05) is 0 Å². The summed E-state index contributed by atoms with van der Waals surface area (Å²) in [6, 6.07) is 11.8. The second-order valence-electron chi connectivity index (χ2n) is 3.49. The molecule has 5 heteroatoms. The Morgan fingerprint density at radius 3 is 1.89 bits per heavy atom. The summed E-state index contributed by atoms with van der Waals surface area (Å²) < 4.78 is 0.785. The number of benzene rings is 2. The minimum Gasteiger partial charge on any atom is -0.507 e. The van der Waals surface area contributed by atoms with Crippen LogP contribution in [0.2, 0.25) is 0 Å². The van der Waals surface area contributed by atoms with Gasteiger partial charge in [-0.2, -0.15) is 0 Å². The molecular formula is C13H13BrN2O2. The maximum Gasteiger partial charge on any atom is 0.153 e. The molecule has 0 radical (unpaired) electrons. The van der Waals surface area contributed by atoms with Gasteiger partial charge < -0.3 is 16.6 Å². The number of nitrogens with two attached hydrogens (primary N) is 2. The Bertz CT molecular complexity index is 506. The number of nitrogen functional groups attached to an aromatic ring is 2. The average Bonchev–Trinajstić information content (AvgIpc) is 2.37. The van der Waals surface area contributed by atoms with Crippen LogP contribution in [0.15, 0.2) is 46.9 Å². The van der Waals surface area contributed by atoms with Crippen LogP contribution in [0.3, 0.4) is 0 Å². The molecule has 4 nitrogen and oxygen atoms in total. The Hall–Kier alpha value is -2.01. The van der Waals surface area contributed by atoms with Crippen molar-refractivity contribution in [1.82, 2.24) is 0 Å². The van der Waals surface area contributed by atoms with Gasteiger partial charge in [-0.25, -0.2) is 0 Å². The van der Waals surface area contributed by atoms with Crippen molar-refractivity contribution in [3.05, 3.63) is 52.5 Å². The molecule has 0 bridgehead atoms. The van der Waals surface area contributed by atoms with Crippen molar-refractivity contribution < 1.29 is 9.90 Å². The molecular weight excluding hydrogens is 296 g/mol. The van der Waals surface area contributed by atoms with Crippen molar-refractivity contribution in [3.63, 3.8) is 0 Å². The van der Waals surface area contributed by atoms with Gasteiger partial charge in [0.25, 0.3) is 0 Å². The molecule has 2 aromatic carbocycles. The number of carbonyl (C=O) groups is 1. The summed E-state index contributed by atoms with van der Waals surface area (Å²) in [5.74, 6) is 0.0122. The summed E-state index contributed by atoms with van der Waals surface area (Å²) in [6.07, 6.45) is 0.611. The van der Waals surface area contributed by atoms with E-state index in [9.17, 15) is 4.79 Å². The van der Waals surface area contributed by atoms with Gasteiger partial charge in [-0.05, 0) is 42.5 Å². The van der Waals surface area contributed by atoms with Crippen LogP contribution in [0.1, 0.15) is 10.4 Å². The third-order valence-corrected chi connectivity index (χ3v) is 2.55. The number of hydrogen-bond donors (Lipinski definition) is 3. The quantitative estimate of drug-likeness (QED) is 0.558. The number of phenols is 1. The van der Waals surface area contributed by atoms with Gasteiger partial charge in [-0.1, -0.05) is 15.9 Å². The topological polar surface area (TPSA) is 89.3 Å². The molecule has 18 heavy (non-hydrogen) atoms. The lowest BCUT2D eigenvalue weighted by Gasteiger charge is -1.95. The largest absolute Gasteiger partial charge is 0.507 e. The SMILES string of the molecule is Nc1ccc(N)cc1.O=Cc1cc(Br)ccc1O. The summed E-state index contributed by atoms with van der Waals surface area (Å²) in [5, 5.41) is 8.98. The van der Waals surface area contributed by atoms with Gasteiger partial charge in [0.05, 0.1) is 5.56 Å². The highest BCUT2D eigenvalue weighted by molar-refractivity contribution is 9.10. The number of aromatic hydroxyl groups is 1. The zero-order chi connectivity index (χ0) is 13.5. The Kier molecular flexibility index (Phi) is 5.20. The van der Waals surface area contributed by atoms with Crippen molar-refractivity contribution in [2.24, 2.45) is 0 Å². The number of carbonyl (C=O) groups excluding carboxylic acids is 1. The first-order valence-electron chi connectivity index (χ1n) is 5.07. The first-order valence-corrected chi connectivity index (χ1v) is 5.87. The van der Waals surface area contributed by atoms with Crippen molar-refractivity contribution >= 4 is 33.6 Å². The first kappa shape index (κ1) is 14.1. The molecule has 0 unspecified atom stereocenters. The highest BCUT2D eigenvalue weighted by atomic mass is 79.9. The molecule has 0 aliphatic rings. The molecule has 0 saturated heterocycles. The molecule has 0 heterocycles. The van der Waals surface area contributed by atoms with E-state index in [1.54, 1.807) is 36.4 Å². The molecule has 0 amide bonds. The van der Waals surface area contributed by atoms with E-state index >= 15 is 0 Å². The predicted octanol–water partition coefficient (Wildman–Crippen LogP) is 2.82. The van der Waals surface area contributed by atoms with Gasteiger partial charge in [-0.15, -0.1) is 0 Å². The van der Waals surface area contributed by atoms with Crippen molar-refractivity contribution in [3.8, 4) is 5.75 Å². The summed E-state index contributed by atoms with van der Waals surface area (Å²) in [4.78, 5) is 10.2. The zero-order valence-electron chi connectivity index (χ0n) is 9.51. The fourth-order valence-electron chi connectivity index (χ4n) is 1.12. The van der Waals surface area contributed by atoms with Gasteiger partial charge in [0.15, 0.2) is 6.29 Å². The fraction of sp³-hybridized carbons (Fsp3) is 0. The van der Waals surface area contributed by atoms with E-state index in [1.165, 1.54) is 6.07 Å². The average molecular weight is 309 g/mol. The molecule has 2 rings (SSSR count). The van der Waals surface area contributed by atoms with Crippen LogP contribution in [0.5, 0.6) is 5.75 Å². The maximum atomic E-state index is 10.2. The van der Waals surface area contributed by atoms with Gasteiger partial charge in [0.2, 0.25) is 0 Å². The lowest BCUT2D eigenvalue weighted by Crippen LogP contribution is -1.86.